The number of rotatable bonds is 4. The molecule has 2 amide bonds. The third-order valence-electron chi connectivity index (χ3n) is 4.13. The topological polar surface area (TPSA) is 67.9 Å². The van der Waals surface area contributed by atoms with Crippen LogP contribution in [0.3, 0.4) is 0 Å². The lowest BCUT2D eigenvalue weighted by Crippen LogP contribution is -2.38. The number of carbonyl (C=O) groups excluding carboxylic acids is 2. The van der Waals surface area contributed by atoms with E-state index in [0.717, 1.165) is 6.42 Å². The Balaban J connectivity index is 1.52. The van der Waals surface area contributed by atoms with Gasteiger partial charge in [-0.3, -0.25) is 10.1 Å². The van der Waals surface area contributed by atoms with Gasteiger partial charge in [-0.1, -0.05) is 24.3 Å². The van der Waals surface area contributed by atoms with Gasteiger partial charge >= 0.3 is 6.09 Å². The summed E-state index contributed by atoms with van der Waals surface area (Å²) in [5.41, 5.74) is 3.10. The summed E-state index contributed by atoms with van der Waals surface area (Å²) in [7, 11) is 1.30. The predicted molar refractivity (Wildman–Crippen MR) is 93.5 cm³/mol. The van der Waals surface area contributed by atoms with Crippen LogP contribution in [0.5, 0.6) is 5.75 Å². The van der Waals surface area contributed by atoms with E-state index in [1.807, 2.05) is 17.0 Å². The van der Waals surface area contributed by atoms with Gasteiger partial charge in [-0.2, -0.15) is 0 Å². The molecule has 2 aromatic carbocycles. The Morgan fingerprint density at radius 3 is 2.52 bits per heavy atom. The monoisotopic (exact) mass is 340 g/mol. The van der Waals surface area contributed by atoms with Crippen molar-refractivity contribution >= 4 is 17.7 Å². The Morgan fingerprint density at radius 1 is 1.08 bits per heavy atom. The van der Waals surface area contributed by atoms with Crippen molar-refractivity contribution in [1.82, 2.24) is 4.90 Å². The van der Waals surface area contributed by atoms with Crippen molar-refractivity contribution in [1.29, 1.82) is 0 Å². The highest BCUT2D eigenvalue weighted by Crippen LogP contribution is 2.19. The maximum absolute atomic E-state index is 12.4. The highest BCUT2D eigenvalue weighted by atomic mass is 16.5. The van der Waals surface area contributed by atoms with E-state index < -0.39 is 6.09 Å². The number of fused-ring (bicyclic) bond motifs is 1. The van der Waals surface area contributed by atoms with Gasteiger partial charge in [0, 0.05) is 18.8 Å². The minimum atomic E-state index is -0.533. The molecule has 0 aromatic heterocycles. The first kappa shape index (κ1) is 16.8. The molecule has 0 fully saturated rings. The number of methoxy groups -OCH3 is 1. The number of hydrogen-bond donors (Lipinski definition) is 1. The second kappa shape index (κ2) is 7.70. The summed E-state index contributed by atoms with van der Waals surface area (Å²) < 4.78 is 10.1. The molecule has 25 heavy (non-hydrogen) atoms. The summed E-state index contributed by atoms with van der Waals surface area (Å²) in [6.45, 7) is 1.33. The van der Waals surface area contributed by atoms with Gasteiger partial charge in [0.2, 0.25) is 0 Å². The SMILES string of the molecule is COC(=O)Nc1ccc(OCC(=O)N2CCc3ccccc3C2)cc1. The molecule has 2 aromatic rings. The summed E-state index contributed by atoms with van der Waals surface area (Å²) in [6, 6.07) is 15.0. The minimum absolute atomic E-state index is 0.00799. The van der Waals surface area contributed by atoms with E-state index in [1.165, 1.54) is 18.2 Å². The van der Waals surface area contributed by atoms with Gasteiger partial charge in [-0.15, -0.1) is 0 Å². The molecule has 1 N–H and O–H groups in total. The number of hydrogen-bond acceptors (Lipinski definition) is 4. The van der Waals surface area contributed by atoms with Gasteiger partial charge in [-0.25, -0.2) is 4.79 Å². The number of nitrogens with zero attached hydrogens (tertiary/aromatic N) is 1. The Hall–Kier alpha value is -3.02. The summed E-state index contributed by atoms with van der Waals surface area (Å²) >= 11 is 0. The standard InChI is InChI=1S/C19H20N2O4/c1-24-19(23)20-16-6-8-17(9-7-16)25-13-18(22)21-11-10-14-4-2-3-5-15(14)12-21/h2-9H,10-13H2,1H3,(H,20,23). The first-order valence-electron chi connectivity index (χ1n) is 8.08. The number of carbonyl (C=O) groups is 2. The summed E-state index contributed by atoms with van der Waals surface area (Å²) in [4.78, 5) is 25.3. The number of nitrogens with one attached hydrogen (secondary N) is 1. The zero-order valence-electron chi connectivity index (χ0n) is 14.0. The van der Waals surface area contributed by atoms with Crippen molar-refractivity contribution in [3.63, 3.8) is 0 Å². The van der Waals surface area contributed by atoms with E-state index in [-0.39, 0.29) is 12.5 Å². The molecule has 0 spiro atoms. The quantitative estimate of drug-likeness (QED) is 0.929. The van der Waals surface area contributed by atoms with Gasteiger partial charge < -0.3 is 14.4 Å². The van der Waals surface area contributed by atoms with Crippen LogP contribution < -0.4 is 10.1 Å². The molecule has 130 valence electrons. The Morgan fingerprint density at radius 2 is 1.80 bits per heavy atom. The van der Waals surface area contributed by atoms with Crippen molar-refractivity contribution in [2.45, 2.75) is 13.0 Å². The van der Waals surface area contributed by atoms with E-state index >= 15 is 0 Å². The molecule has 0 atom stereocenters. The lowest BCUT2D eigenvalue weighted by atomic mass is 10.00. The Bertz CT molecular complexity index is 758. The van der Waals surface area contributed by atoms with Crippen LogP contribution in [0.25, 0.3) is 0 Å². The molecule has 1 aliphatic heterocycles. The molecule has 0 saturated heterocycles. The van der Waals surface area contributed by atoms with Gasteiger partial charge in [0.15, 0.2) is 6.61 Å². The van der Waals surface area contributed by atoms with Crippen LogP contribution >= 0.6 is 0 Å². The first-order chi connectivity index (χ1) is 12.2. The molecule has 6 heteroatoms. The molecule has 1 aliphatic rings. The van der Waals surface area contributed by atoms with E-state index in [1.54, 1.807) is 24.3 Å². The third-order valence-corrected chi connectivity index (χ3v) is 4.13. The van der Waals surface area contributed by atoms with Crippen molar-refractivity contribution in [3.05, 3.63) is 59.7 Å². The van der Waals surface area contributed by atoms with Gasteiger partial charge in [0.05, 0.1) is 7.11 Å². The van der Waals surface area contributed by atoms with Gasteiger partial charge in [-0.05, 0) is 41.8 Å². The van der Waals surface area contributed by atoms with Crippen LogP contribution in [0, 0.1) is 0 Å². The molecule has 0 saturated carbocycles. The summed E-state index contributed by atoms with van der Waals surface area (Å²) in [5.74, 6) is 0.535. The maximum atomic E-state index is 12.4. The molecule has 6 nitrogen and oxygen atoms in total. The highest BCUT2D eigenvalue weighted by molar-refractivity contribution is 5.84. The Kier molecular flexibility index (Phi) is 5.18. The first-order valence-corrected chi connectivity index (χ1v) is 8.08. The third kappa shape index (κ3) is 4.29. The second-order valence-electron chi connectivity index (χ2n) is 5.76. The molecule has 3 rings (SSSR count). The van der Waals surface area contributed by atoms with Crippen molar-refractivity contribution in [2.75, 3.05) is 25.6 Å². The van der Waals surface area contributed by atoms with Crippen LogP contribution in [-0.2, 0) is 22.5 Å². The molecule has 0 unspecified atom stereocenters. The van der Waals surface area contributed by atoms with E-state index in [0.29, 0.717) is 24.5 Å². The van der Waals surface area contributed by atoms with Crippen LogP contribution in [0.4, 0.5) is 10.5 Å². The summed E-state index contributed by atoms with van der Waals surface area (Å²) in [5, 5.41) is 2.55. The molecule has 0 bridgehead atoms. The van der Waals surface area contributed by atoms with Gasteiger partial charge in [0.1, 0.15) is 5.75 Å². The second-order valence-corrected chi connectivity index (χ2v) is 5.76. The lowest BCUT2D eigenvalue weighted by molar-refractivity contribution is -0.134. The summed E-state index contributed by atoms with van der Waals surface area (Å²) in [6.07, 6.45) is 0.338. The number of benzene rings is 2. The fourth-order valence-corrected chi connectivity index (χ4v) is 2.75. The molecule has 1 heterocycles. The van der Waals surface area contributed by atoms with Crippen LogP contribution in [0.1, 0.15) is 11.1 Å². The van der Waals surface area contributed by atoms with E-state index in [9.17, 15) is 9.59 Å². The smallest absolute Gasteiger partial charge is 0.411 e. The molecule has 0 aliphatic carbocycles. The molecular formula is C19H20N2O4. The average molecular weight is 340 g/mol. The van der Waals surface area contributed by atoms with Crippen molar-refractivity contribution in [2.24, 2.45) is 0 Å². The average Bonchev–Trinajstić information content (AvgIpc) is 2.66. The molecular weight excluding hydrogens is 320 g/mol. The van der Waals surface area contributed by atoms with Crippen molar-refractivity contribution in [3.8, 4) is 5.75 Å². The largest absolute Gasteiger partial charge is 0.484 e. The predicted octanol–water partition coefficient (Wildman–Crippen LogP) is 2.83. The van der Waals surface area contributed by atoms with Gasteiger partial charge in [0.25, 0.3) is 5.91 Å². The fraction of sp³-hybridized carbons (Fsp3) is 0.263. The van der Waals surface area contributed by atoms with Crippen LogP contribution in [0.2, 0.25) is 0 Å². The van der Waals surface area contributed by atoms with Crippen LogP contribution in [0.15, 0.2) is 48.5 Å². The number of anilines is 1. The van der Waals surface area contributed by atoms with Crippen molar-refractivity contribution < 1.29 is 19.1 Å². The fourth-order valence-electron chi connectivity index (χ4n) is 2.75. The number of amides is 2. The normalized spacial score (nSPS) is 12.9. The number of ether oxygens (including phenoxy) is 2. The minimum Gasteiger partial charge on any atom is -0.484 e. The van der Waals surface area contributed by atoms with E-state index in [2.05, 4.69) is 22.2 Å². The highest BCUT2D eigenvalue weighted by Gasteiger charge is 2.20. The molecule has 0 radical (unpaired) electrons. The van der Waals surface area contributed by atoms with Crippen LogP contribution in [-0.4, -0.2) is 37.2 Å². The maximum Gasteiger partial charge on any atom is 0.411 e. The Labute approximate surface area is 146 Å². The lowest BCUT2D eigenvalue weighted by Gasteiger charge is -2.28. The zero-order chi connectivity index (χ0) is 17.6. The van der Waals surface area contributed by atoms with E-state index in [4.69, 9.17) is 4.74 Å². The zero-order valence-corrected chi connectivity index (χ0v) is 14.0.